The molecule has 0 radical (unpaired) electrons. The molecule has 0 spiro atoms. The number of pyridine rings is 2. The van der Waals surface area contributed by atoms with Crippen LogP contribution in [-0.4, -0.2) is 49.4 Å². The van der Waals surface area contributed by atoms with E-state index in [4.69, 9.17) is 9.72 Å². The normalized spacial score (nSPS) is 13.0. The second-order valence-corrected chi connectivity index (χ2v) is 9.99. The van der Waals surface area contributed by atoms with E-state index in [2.05, 4.69) is 32.6 Å². The number of hydrogen-bond donors (Lipinski definition) is 1. The molecule has 6 rings (SSSR count). The lowest BCUT2D eigenvalue weighted by Gasteiger charge is -2.13. The van der Waals surface area contributed by atoms with Gasteiger partial charge in [0, 0.05) is 56.8 Å². The summed E-state index contributed by atoms with van der Waals surface area (Å²) in [5.74, 6) is 1.01. The number of methoxy groups -OCH3 is 1. The number of ether oxygens (including phenoxy) is 1. The standard InChI is InChI=1S/C30H28N8O2/c1-37-18-34-36-29(37)24-11-19(14-31)3-7-23(24)22-12-26(21-5-6-21)35-27(13-22)25-16-33-28-8-4-20(15-32-9-10-40-2)17-38(28)30(25)39/h3-4,7-8,11-13,16-18,21,32H,5-6,9-10,15H2,1-2H3. The Hall–Kier alpha value is -4.72. The lowest BCUT2D eigenvalue weighted by Crippen LogP contribution is -2.21. The summed E-state index contributed by atoms with van der Waals surface area (Å²) in [6.45, 7) is 1.94. The van der Waals surface area contributed by atoms with E-state index < -0.39 is 0 Å². The molecule has 1 saturated carbocycles. The van der Waals surface area contributed by atoms with Crippen molar-refractivity contribution in [3.8, 4) is 39.8 Å². The smallest absolute Gasteiger partial charge is 0.267 e. The first-order valence-electron chi connectivity index (χ1n) is 13.2. The highest BCUT2D eigenvalue weighted by atomic mass is 16.5. The van der Waals surface area contributed by atoms with Gasteiger partial charge in [0.15, 0.2) is 5.82 Å². The van der Waals surface area contributed by atoms with Crippen LogP contribution >= 0.6 is 0 Å². The molecule has 1 fully saturated rings. The molecule has 10 heteroatoms. The number of benzene rings is 1. The molecule has 4 aromatic heterocycles. The van der Waals surface area contributed by atoms with Crippen LogP contribution in [0.2, 0.25) is 0 Å². The van der Waals surface area contributed by atoms with Crippen LogP contribution in [0.4, 0.5) is 0 Å². The molecule has 1 aliphatic rings. The van der Waals surface area contributed by atoms with Gasteiger partial charge in [-0.3, -0.25) is 14.2 Å². The van der Waals surface area contributed by atoms with Crippen molar-refractivity contribution in [3.63, 3.8) is 0 Å². The average Bonchev–Trinajstić information content (AvgIpc) is 3.75. The first-order valence-corrected chi connectivity index (χ1v) is 13.2. The van der Waals surface area contributed by atoms with E-state index in [1.807, 2.05) is 48.1 Å². The van der Waals surface area contributed by atoms with Gasteiger partial charge in [-0.2, -0.15) is 5.26 Å². The molecule has 0 unspecified atom stereocenters. The molecule has 1 aliphatic carbocycles. The maximum atomic E-state index is 13.8. The van der Waals surface area contributed by atoms with Crippen molar-refractivity contribution in [3.05, 3.63) is 88.4 Å². The minimum absolute atomic E-state index is 0.177. The summed E-state index contributed by atoms with van der Waals surface area (Å²) < 4.78 is 8.50. The number of hydrogen-bond acceptors (Lipinski definition) is 8. The zero-order chi connectivity index (χ0) is 27.6. The summed E-state index contributed by atoms with van der Waals surface area (Å²) in [6.07, 6.45) is 7.20. The summed E-state index contributed by atoms with van der Waals surface area (Å²) in [7, 11) is 3.54. The van der Waals surface area contributed by atoms with Crippen LogP contribution < -0.4 is 10.9 Å². The van der Waals surface area contributed by atoms with E-state index in [9.17, 15) is 10.1 Å². The van der Waals surface area contributed by atoms with Gasteiger partial charge < -0.3 is 14.6 Å². The highest BCUT2D eigenvalue weighted by molar-refractivity contribution is 5.83. The van der Waals surface area contributed by atoms with E-state index in [0.29, 0.717) is 53.9 Å². The molecule has 0 aliphatic heterocycles. The van der Waals surface area contributed by atoms with Crippen LogP contribution in [0.5, 0.6) is 0 Å². The lowest BCUT2D eigenvalue weighted by molar-refractivity contribution is 0.199. The summed E-state index contributed by atoms with van der Waals surface area (Å²) in [4.78, 5) is 23.3. The first-order chi connectivity index (χ1) is 19.6. The summed E-state index contributed by atoms with van der Waals surface area (Å²) in [5.41, 5.74) is 6.42. The molecule has 1 aromatic carbocycles. The van der Waals surface area contributed by atoms with Gasteiger partial charge in [0.1, 0.15) is 12.0 Å². The van der Waals surface area contributed by atoms with Gasteiger partial charge in [0.05, 0.1) is 29.5 Å². The Morgan fingerprint density at radius 3 is 2.75 bits per heavy atom. The lowest BCUT2D eigenvalue weighted by atomic mass is 9.95. The minimum atomic E-state index is -0.177. The van der Waals surface area contributed by atoms with E-state index in [1.54, 1.807) is 30.1 Å². The zero-order valence-corrected chi connectivity index (χ0v) is 22.3. The zero-order valence-electron chi connectivity index (χ0n) is 22.3. The second-order valence-electron chi connectivity index (χ2n) is 9.99. The summed E-state index contributed by atoms with van der Waals surface area (Å²) >= 11 is 0. The Labute approximate surface area is 230 Å². The fraction of sp³-hybridized carbons (Fsp3) is 0.267. The van der Waals surface area contributed by atoms with Gasteiger partial charge in [0.25, 0.3) is 5.56 Å². The topological polar surface area (TPSA) is 123 Å². The monoisotopic (exact) mass is 532 g/mol. The Morgan fingerprint density at radius 1 is 1.12 bits per heavy atom. The van der Waals surface area contributed by atoms with Crippen LogP contribution in [0.15, 0.2) is 66.0 Å². The number of fused-ring (bicyclic) bond motifs is 1. The molecule has 10 nitrogen and oxygen atoms in total. The SMILES string of the molecule is COCCNCc1ccc2ncc(-c3cc(-c4ccc(C#N)cc4-c4nncn4C)cc(C4CC4)n3)c(=O)n2c1. The molecule has 5 aromatic rings. The van der Waals surface area contributed by atoms with Crippen LogP contribution in [0.1, 0.15) is 35.6 Å². The average molecular weight is 533 g/mol. The molecule has 40 heavy (non-hydrogen) atoms. The van der Waals surface area contributed by atoms with Crippen molar-refractivity contribution in [1.29, 1.82) is 5.26 Å². The molecular weight excluding hydrogens is 504 g/mol. The number of nitrogens with zero attached hydrogens (tertiary/aromatic N) is 7. The van der Waals surface area contributed by atoms with E-state index >= 15 is 0 Å². The molecule has 200 valence electrons. The Balaban J connectivity index is 1.47. The fourth-order valence-electron chi connectivity index (χ4n) is 4.82. The van der Waals surface area contributed by atoms with E-state index in [0.717, 1.165) is 40.8 Å². The van der Waals surface area contributed by atoms with Crippen LogP contribution in [0.25, 0.3) is 39.4 Å². The van der Waals surface area contributed by atoms with Crippen molar-refractivity contribution in [2.45, 2.75) is 25.3 Å². The van der Waals surface area contributed by atoms with Gasteiger partial charge in [-0.1, -0.05) is 12.1 Å². The minimum Gasteiger partial charge on any atom is -0.383 e. The number of nitriles is 1. The predicted molar refractivity (Wildman–Crippen MR) is 150 cm³/mol. The maximum Gasteiger partial charge on any atom is 0.267 e. The van der Waals surface area contributed by atoms with Gasteiger partial charge in [-0.05, 0) is 59.9 Å². The van der Waals surface area contributed by atoms with Crippen LogP contribution in [-0.2, 0) is 18.3 Å². The molecule has 0 amide bonds. The fourth-order valence-corrected chi connectivity index (χ4v) is 4.82. The van der Waals surface area contributed by atoms with Gasteiger partial charge in [-0.25, -0.2) is 4.98 Å². The maximum absolute atomic E-state index is 13.8. The molecule has 0 bridgehead atoms. The highest BCUT2D eigenvalue weighted by Crippen LogP contribution is 2.42. The Kier molecular flexibility index (Phi) is 6.90. The van der Waals surface area contributed by atoms with Gasteiger partial charge >= 0.3 is 0 Å². The number of nitrogens with one attached hydrogen (secondary N) is 1. The number of aromatic nitrogens is 6. The molecule has 0 saturated heterocycles. The van der Waals surface area contributed by atoms with Crippen molar-refractivity contribution in [2.75, 3.05) is 20.3 Å². The van der Waals surface area contributed by atoms with E-state index in [1.165, 1.54) is 0 Å². The van der Waals surface area contributed by atoms with Gasteiger partial charge in [-0.15, -0.1) is 10.2 Å². The Morgan fingerprint density at radius 2 is 2.00 bits per heavy atom. The second kappa shape index (κ2) is 10.8. The van der Waals surface area contributed by atoms with E-state index in [-0.39, 0.29) is 5.56 Å². The first kappa shape index (κ1) is 25.6. The third kappa shape index (κ3) is 5.00. The third-order valence-corrected chi connectivity index (χ3v) is 7.10. The van der Waals surface area contributed by atoms with Crippen molar-refractivity contribution in [2.24, 2.45) is 7.05 Å². The van der Waals surface area contributed by atoms with Crippen LogP contribution in [0, 0.1) is 11.3 Å². The quantitative estimate of drug-likeness (QED) is 0.285. The predicted octanol–water partition coefficient (Wildman–Crippen LogP) is 3.70. The highest BCUT2D eigenvalue weighted by Gasteiger charge is 2.27. The number of rotatable bonds is 9. The largest absolute Gasteiger partial charge is 0.383 e. The van der Waals surface area contributed by atoms with Crippen LogP contribution in [0.3, 0.4) is 0 Å². The Bertz CT molecular complexity index is 1810. The van der Waals surface area contributed by atoms with Crippen molar-refractivity contribution in [1.82, 2.24) is 34.4 Å². The van der Waals surface area contributed by atoms with Gasteiger partial charge in [0.2, 0.25) is 0 Å². The molecule has 0 atom stereocenters. The third-order valence-electron chi connectivity index (χ3n) is 7.10. The molecule has 4 heterocycles. The van der Waals surface area contributed by atoms with Crippen molar-refractivity contribution < 1.29 is 4.74 Å². The molecular formula is C30H28N8O2. The number of aryl methyl sites for hydroxylation is 1. The van der Waals surface area contributed by atoms with Crippen molar-refractivity contribution >= 4 is 5.65 Å². The summed E-state index contributed by atoms with van der Waals surface area (Å²) in [5, 5.41) is 21.2. The molecule has 1 N–H and O–H groups in total. The summed E-state index contributed by atoms with van der Waals surface area (Å²) in [6, 6.07) is 15.6.